The van der Waals surface area contributed by atoms with E-state index in [4.69, 9.17) is 28.4 Å². The van der Waals surface area contributed by atoms with Crippen molar-refractivity contribution >= 4 is 24.8 Å². The molecular weight excluding hydrogens is 459 g/mol. The van der Waals surface area contributed by atoms with Crippen molar-refractivity contribution in [3.05, 3.63) is 35.4 Å². The Kier molecular flexibility index (Phi) is 14.4. The highest BCUT2D eigenvalue weighted by molar-refractivity contribution is 5.85. The third-order valence-electron chi connectivity index (χ3n) is 4.59. The molecule has 0 atom stereocenters. The SMILES string of the molecule is COc1cc(CNCCNCc2cc(OC)c(OC)c(OC)c2)cc(OC)c1OC.Cl.Cl. The zero-order valence-corrected chi connectivity index (χ0v) is 21.0. The molecule has 10 heteroatoms. The molecule has 32 heavy (non-hydrogen) atoms. The molecule has 0 aliphatic rings. The normalized spacial score (nSPS) is 9.81. The van der Waals surface area contributed by atoms with Crippen LogP contribution in [0.1, 0.15) is 11.1 Å². The summed E-state index contributed by atoms with van der Waals surface area (Å²) in [6.07, 6.45) is 0. The molecule has 0 aromatic heterocycles. The highest BCUT2D eigenvalue weighted by atomic mass is 35.5. The van der Waals surface area contributed by atoms with E-state index in [0.717, 1.165) is 24.2 Å². The maximum absolute atomic E-state index is 5.39. The molecule has 0 fully saturated rings. The number of rotatable bonds is 13. The maximum Gasteiger partial charge on any atom is 0.203 e. The molecule has 0 saturated heterocycles. The van der Waals surface area contributed by atoms with Crippen LogP contribution < -0.4 is 39.1 Å². The van der Waals surface area contributed by atoms with Crippen LogP contribution in [0.15, 0.2) is 24.3 Å². The van der Waals surface area contributed by atoms with Crippen molar-refractivity contribution < 1.29 is 28.4 Å². The molecule has 0 unspecified atom stereocenters. The Morgan fingerprint density at radius 3 is 1.00 bits per heavy atom. The Labute approximate surface area is 202 Å². The summed E-state index contributed by atoms with van der Waals surface area (Å²) in [6, 6.07) is 7.77. The van der Waals surface area contributed by atoms with E-state index in [1.807, 2.05) is 24.3 Å². The first kappa shape index (κ1) is 29.7. The van der Waals surface area contributed by atoms with E-state index in [1.54, 1.807) is 42.7 Å². The first-order valence-corrected chi connectivity index (χ1v) is 9.60. The number of nitrogens with one attached hydrogen (secondary N) is 2. The lowest BCUT2D eigenvalue weighted by Crippen LogP contribution is -2.26. The van der Waals surface area contributed by atoms with Crippen molar-refractivity contribution in [3.8, 4) is 34.5 Å². The summed E-state index contributed by atoms with van der Waals surface area (Å²) in [6.45, 7) is 2.95. The zero-order valence-electron chi connectivity index (χ0n) is 19.4. The van der Waals surface area contributed by atoms with E-state index in [2.05, 4.69) is 10.6 Å². The molecule has 2 rings (SSSR count). The molecule has 0 aliphatic heterocycles. The summed E-state index contributed by atoms with van der Waals surface area (Å²) in [5.74, 6) is 3.78. The van der Waals surface area contributed by atoms with Crippen LogP contribution in [0, 0.1) is 0 Å². The molecule has 2 aromatic carbocycles. The van der Waals surface area contributed by atoms with Gasteiger partial charge in [0.05, 0.1) is 42.7 Å². The number of benzene rings is 2. The van der Waals surface area contributed by atoms with Crippen LogP contribution in [0.4, 0.5) is 0 Å². The van der Waals surface area contributed by atoms with Gasteiger partial charge in [-0.05, 0) is 35.4 Å². The lowest BCUT2D eigenvalue weighted by atomic mass is 10.1. The van der Waals surface area contributed by atoms with Crippen molar-refractivity contribution in [1.82, 2.24) is 10.6 Å². The highest BCUT2D eigenvalue weighted by Crippen LogP contribution is 2.39. The van der Waals surface area contributed by atoms with Crippen molar-refractivity contribution in [2.24, 2.45) is 0 Å². The van der Waals surface area contributed by atoms with E-state index in [0.29, 0.717) is 47.6 Å². The van der Waals surface area contributed by atoms with E-state index in [1.165, 1.54) is 0 Å². The average Bonchev–Trinajstić information content (AvgIpc) is 2.79. The van der Waals surface area contributed by atoms with Crippen LogP contribution >= 0.6 is 24.8 Å². The molecule has 2 aromatic rings. The number of halogens is 2. The second-order valence-corrected chi connectivity index (χ2v) is 6.42. The fourth-order valence-corrected chi connectivity index (χ4v) is 3.12. The Hall–Kier alpha value is -2.26. The minimum Gasteiger partial charge on any atom is -0.493 e. The van der Waals surface area contributed by atoms with E-state index in [9.17, 15) is 0 Å². The highest BCUT2D eigenvalue weighted by Gasteiger charge is 2.14. The predicted molar refractivity (Wildman–Crippen MR) is 130 cm³/mol. The molecule has 8 nitrogen and oxygen atoms in total. The molecule has 0 heterocycles. The molecule has 2 N–H and O–H groups in total. The number of hydrogen-bond acceptors (Lipinski definition) is 8. The Bertz CT molecular complexity index is 705. The molecule has 182 valence electrons. The lowest BCUT2D eigenvalue weighted by Gasteiger charge is -2.15. The largest absolute Gasteiger partial charge is 0.493 e. The third kappa shape index (κ3) is 7.70. The second-order valence-electron chi connectivity index (χ2n) is 6.42. The van der Waals surface area contributed by atoms with Gasteiger partial charge in [0, 0.05) is 26.2 Å². The van der Waals surface area contributed by atoms with Gasteiger partial charge in [-0.2, -0.15) is 0 Å². The third-order valence-corrected chi connectivity index (χ3v) is 4.59. The summed E-state index contributed by atoms with van der Waals surface area (Å²) >= 11 is 0. The van der Waals surface area contributed by atoms with Crippen molar-refractivity contribution in [1.29, 1.82) is 0 Å². The Balaban J connectivity index is 0.00000480. The number of methoxy groups -OCH3 is 6. The summed E-state index contributed by atoms with van der Waals surface area (Å²) in [4.78, 5) is 0. The molecular formula is C22H34Cl2N2O6. The van der Waals surface area contributed by atoms with Gasteiger partial charge in [0.1, 0.15) is 0 Å². The number of hydrogen-bond donors (Lipinski definition) is 2. The van der Waals surface area contributed by atoms with E-state index in [-0.39, 0.29) is 24.8 Å². The van der Waals surface area contributed by atoms with Crippen molar-refractivity contribution in [2.45, 2.75) is 13.1 Å². The summed E-state index contributed by atoms with van der Waals surface area (Å²) in [7, 11) is 9.64. The van der Waals surface area contributed by atoms with Gasteiger partial charge in [0.2, 0.25) is 11.5 Å². The van der Waals surface area contributed by atoms with Gasteiger partial charge in [0.25, 0.3) is 0 Å². The van der Waals surface area contributed by atoms with Crippen molar-refractivity contribution in [2.75, 3.05) is 55.7 Å². The smallest absolute Gasteiger partial charge is 0.203 e. The molecule has 0 bridgehead atoms. The van der Waals surface area contributed by atoms with Crippen LogP contribution in [0.3, 0.4) is 0 Å². The van der Waals surface area contributed by atoms with Gasteiger partial charge >= 0.3 is 0 Å². The van der Waals surface area contributed by atoms with E-state index >= 15 is 0 Å². The van der Waals surface area contributed by atoms with Crippen LogP contribution in [-0.4, -0.2) is 55.7 Å². The molecule has 0 aliphatic carbocycles. The Morgan fingerprint density at radius 1 is 0.500 bits per heavy atom. The molecule has 0 radical (unpaired) electrons. The zero-order chi connectivity index (χ0) is 21.9. The van der Waals surface area contributed by atoms with Gasteiger partial charge in [-0.3, -0.25) is 0 Å². The topological polar surface area (TPSA) is 79.4 Å². The molecule has 0 spiro atoms. The minimum absolute atomic E-state index is 0. The first-order valence-electron chi connectivity index (χ1n) is 9.60. The van der Waals surface area contributed by atoms with Gasteiger partial charge < -0.3 is 39.1 Å². The fourth-order valence-electron chi connectivity index (χ4n) is 3.12. The van der Waals surface area contributed by atoms with Crippen LogP contribution in [0.25, 0.3) is 0 Å². The lowest BCUT2D eigenvalue weighted by molar-refractivity contribution is 0.323. The minimum atomic E-state index is 0. The quantitative estimate of drug-likeness (QED) is 0.411. The monoisotopic (exact) mass is 492 g/mol. The maximum atomic E-state index is 5.39. The predicted octanol–water partition coefficient (Wildman–Crippen LogP) is 3.46. The Morgan fingerprint density at radius 2 is 0.781 bits per heavy atom. The van der Waals surface area contributed by atoms with Gasteiger partial charge in [-0.15, -0.1) is 24.8 Å². The van der Waals surface area contributed by atoms with Crippen LogP contribution in [-0.2, 0) is 13.1 Å². The van der Waals surface area contributed by atoms with Gasteiger partial charge in [0.15, 0.2) is 23.0 Å². The summed E-state index contributed by atoms with van der Waals surface area (Å²) in [5, 5.41) is 6.82. The average molecular weight is 493 g/mol. The van der Waals surface area contributed by atoms with E-state index < -0.39 is 0 Å². The van der Waals surface area contributed by atoms with Gasteiger partial charge in [-0.1, -0.05) is 0 Å². The standard InChI is InChI=1S/C22H32N2O6.2ClH/c1-25-17-9-15(10-18(26-2)21(17)29-5)13-23-7-8-24-14-16-11-19(27-3)22(30-6)20(12-16)28-4;;/h9-12,23-24H,7-8,13-14H2,1-6H3;2*1H. The van der Waals surface area contributed by atoms with Crippen LogP contribution in [0.2, 0.25) is 0 Å². The summed E-state index contributed by atoms with van der Waals surface area (Å²) < 4.78 is 32.3. The number of ether oxygens (including phenoxy) is 6. The summed E-state index contributed by atoms with van der Waals surface area (Å²) in [5.41, 5.74) is 2.10. The van der Waals surface area contributed by atoms with Crippen LogP contribution in [0.5, 0.6) is 34.5 Å². The van der Waals surface area contributed by atoms with Gasteiger partial charge in [-0.25, -0.2) is 0 Å². The molecule has 0 saturated carbocycles. The first-order chi connectivity index (χ1) is 14.6. The molecule has 0 amide bonds. The second kappa shape index (κ2) is 15.5. The van der Waals surface area contributed by atoms with Crippen molar-refractivity contribution in [3.63, 3.8) is 0 Å². The fraction of sp³-hybridized carbons (Fsp3) is 0.455.